The summed E-state index contributed by atoms with van der Waals surface area (Å²) in [6.07, 6.45) is 0. The summed E-state index contributed by atoms with van der Waals surface area (Å²) in [7, 11) is 0. The summed E-state index contributed by atoms with van der Waals surface area (Å²) < 4.78 is 0. The number of carbonyl (C=O) groups excluding carboxylic acids is 1. The number of anilines is 2. The van der Waals surface area contributed by atoms with Gasteiger partial charge in [-0.15, -0.1) is 0 Å². The zero-order chi connectivity index (χ0) is 13.7. The van der Waals surface area contributed by atoms with E-state index in [1.165, 1.54) is 0 Å². The predicted molar refractivity (Wildman–Crippen MR) is 79.6 cm³/mol. The highest BCUT2D eigenvalue weighted by Crippen LogP contribution is 2.18. The first-order chi connectivity index (χ1) is 9.16. The smallest absolute Gasteiger partial charge is 0.257 e. The molecule has 3 nitrogen and oxygen atoms in total. The van der Waals surface area contributed by atoms with Crippen LogP contribution in [-0.2, 0) is 0 Å². The Hall–Kier alpha value is -2.29. The maximum absolute atomic E-state index is 12.3. The number of benzene rings is 2. The van der Waals surface area contributed by atoms with Crippen LogP contribution >= 0.6 is 0 Å². The van der Waals surface area contributed by atoms with Gasteiger partial charge in [0.25, 0.3) is 5.91 Å². The number of amides is 1. The molecular weight excluding hydrogens is 236 g/mol. The molecule has 0 aliphatic heterocycles. The van der Waals surface area contributed by atoms with E-state index in [2.05, 4.69) is 10.6 Å². The zero-order valence-electron chi connectivity index (χ0n) is 11.2. The van der Waals surface area contributed by atoms with Crippen LogP contribution in [0.4, 0.5) is 11.4 Å². The Morgan fingerprint density at radius 3 is 2.26 bits per heavy atom. The summed E-state index contributed by atoms with van der Waals surface area (Å²) in [6.45, 7) is 4.10. The van der Waals surface area contributed by atoms with Crippen LogP contribution < -0.4 is 10.6 Å². The van der Waals surface area contributed by atoms with Gasteiger partial charge in [-0.3, -0.25) is 4.79 Å². The van der Waals surface area contributed by atoms with Crippen molar-refractivity contribution < 1.29 is 4.79 Å². The first-order valence-electron chi connectivity index (χ1n) is 6.39. The second-order valence-corrected chi connectivity index (χ2v) is 4.66. The van der Waals surface area contributed by atoms with Crippen LogP contribution in [0, 0.1) is 0 Å². The van der Waals surface area contributed by atoms with E-state index in [1.54, 1.807) is 0 Å². The molecule has 0 fully saturated rings. The molecule has 0 aliphatic carbocycles. The van der Waals surface area contributed by atoms with E-state index in [0.29, 0.717) is 5.56 Å². The quantitative estimate of drug-likeness (QED) is 0.872. The topological polar surface area (TPSA) is 41.1 Å². The normalized spacial score (nSPS) is 10.3. The van der Waals surface area contributed by atoms with E-state index in [1.807, 2.05) is 68.4 Å². The van der Waals surface area contributed by atoms with Gasteiger partial charge in [0.1, 0.15) is 0 Å². The molecule has 0 saturated heterocycles. The lowest BCUT2D eigenvalue weighted by atomic mass is 10.1. The lowest BCUT2D eigenvalue weighted by Gasteiger charge is -2.14. The molecule has 2 rings (SSSR count). The zero-order valence-corrected chi connectivity index (χ0v) is 11.2. The van der Waals surface area contributed by atoms with Crippen LogP contribution in [0.25, 0.3) is 0 Å². The molecule has 0 radical (unpaired) electrons. The maximum atomic E-state index is 12.3. The van der Waals surface area contributed by atoms with Gasteiger partial charge in [0.05, 0.1) is 5.56 Å². The van der Waals surface area contributed by atoms with Gasteiger partial charge in [-0.2, -0.15) is 0 Å². The minimum absolute atomic E-state index is 0.102. The third-order valence-corrected chi connectivity index (χ3v) is 2.65. The van der Waals surface area contributed by atoms with E-state index >= 15 is 0 Å². The van der Waals surface area contributed by atoms with Crippen molar-refractivity contribution >= 4 is 17.3 Å². The average molecular weight is 254 g/mol. The third-order valence-electron chi connectivity index (χ3n) is 2.65. The highest BCUT2D eigenvalue weighted by Gasteiger charge is 2.11. The van der Waals surface area contributed by atoms with E-state index in [0.717, 1.165) is 11.4 Å². The molecule has 19 heavy (non-hydrogen) atoms. The monoisotopic (exact) mass is 254 g/mol. The van der Waals surface area contributed by atoms with Gasteiger partial charge in [0, 0.05) is 17.4 Å². The Morgan fingerprint density at radius 1 is 0.947 bits per heavy atom. The van der Waals surface area contributed by atoms with Gasteiger partial charge in [0.15, 0.2) is 0 Å². The van der Waals surface area contributed by atoms with Gasteiger partial charge in [-0.05, 0) is 38.1 Å². The summed E-state index contributed by atoms with van der Waals surface area (Å²) in [5.74, 6) is -0.102. The van der Waals surface area contributed by atoms with E-state index in [9.17, 15) is 4.79 Å². The molecule has 2 aromatic carbocycles. The molecule has 0 aromatic heterocycles. The van der Waals surface area contributed by atoms with Crippen molar-refractivity contribution in [1.29, 1.82) is 0 Å². The van der Waals surface area contributed by atoms with Crippen LogP contribution in [0.15, 0.2) is 54.6 Å². The van der Waals surface area contributed by atoms with Crippen molar-refractivity contribution in [3.8, 4) is 0 Å². The summed E-state index contributed by atoms with van der Waals surface area (Å²) in [6, 6.07) is 17.3. The van der Waals surface area contributed by atoms with Crippen LogP contribution in [0.1, 0.15) is 24.2 Å². The molecule has 1 amide bonds. The molecule has 0 atom stereocenters. The second kappa shape index (κ2) is 6.05. The number of rotatable bonds is 4. The Morgan fingerprint density at radius 2 is 1.58 bits per heavy atom. The first-order valence-corrected chi connectivity index (χ1v) is 6.39. The van der Waals surface area contributed by atoms with E-state index in [-0.39, 0.29) is 11.9 Å². The molecule has 2 aromatic rings. The SMILES string of the molecule is CC(C)Nc1ccccc1C(=O)Nc1ccccc1. The van der Waals surface area contributed by atoms with Crippen LogP contribution in [-0.4, -0.2) is 11.9 Å². The lowest BCUT2D eigenvalue weighted by molar-refractivity contribution is 0.102. The summed E-state index contributed by atoms with van der Waals surface area (Å²) >= 11 is 0. The molecular formula is C16H18N2O. The van der Waals surface area contributed by atoms with Gasteiger partial charge in [0.2, 0.25) is 0 Å². The van der Waals surface area contributed by atoms with E-state index in [4.69, 9.17) is 0 Å². The minimum atomic E-state index is -0.102. The number of hydrogen-bond acceptors (Lipinski definition) is 2. The highest BCUT2D eigenvalue weighted by molar-refractivity contribution is 6.08. The second-order valence-electron chi connectivity index (χ2n) is 4.66. The fraction of sp³-hybridized carbons (Fsp3) is 0.188. The molecule has 3 heteroatoms. The van der Waals surface area contributed by atoms with Gasteiger partial charge in [-0.1, -0.05) is 30.3 Å². The lowest BCUT2D eigenvalue weighted by Crippen LogP contribution is -2.17. The van der Waals surface area contributed by atoms with E-state index < -0.39 is 0 Å². The summed E-state index contributed by atoms with van der Waals surface area (Å²) in [5.41, 5.74) is 2.30. The third kappa shape index (κ3) is 3.58. The molecule has 0 aliphatic rings. The van der Waals surface area contributed by atoms with Crippen molar-refractivity contribution in [1.82, 2.24) is 0 Å². The number of hydrogen-bond donors (Lipinski definition) is 2. The standard InChI is InChI=1S/C16H18N2O/c1-12(2)17-15-11-7-6-10-14(15)16(19)18-13-8-4-3-5-9-13/h3-12,17H,1-2H3,(H,18,19). The molecule has 98 valence electrons. The molecule has 0 saturated carbocycles. The predicted octanol–water partition coefficient (Wildman–Crippen LogP) is 3.76. The van der Waals surface area contributed by atoms with Gasteiger partial charge < -0.3 is 10.6 Å². The molecule has 0 bridgehead atoms. The van der Waals surface area contributed by atoms with Gasteiger partial charge in [-0.25, -0.2) is 0 Å². The largest absolute Gasteiger partial charge is 0.382 e. The van der Waals surface area contributed by atoms with Crippen molar-refractivity contribution in [2.75, 3.05) is 10.6 Å². The first kappa shape index (κ1) is 13.1. The Labute approximate surface area is 113 Å². The van der Waals surface area contributed by atoms with Crippen molar-refractivity contribution in [2.24, 2.45) is 0 Å². The Balaban J connectivity index is 2.19. The number of para-hydroxylation sites is 2. The molecule has 0 unspecified atom stereocenters. The van der Waals surface area contributed by atoms with Crippen molar-refractivity contribution in [3.05, 3.63) is 60.2 Å². The Kier molecular flexibility index (Phi) is 4.18. The van der Waals surface area contributed by atoms with Gasteiger partial charge >= 0.3 is 0 Å². The highest BCUT2D eigenvalue weighted by atomic mass is 16.1. The maximum Gasteiger partial charge on any atom is 0.257 e. The van der Waals surface area contributed by atoms with Crippen LogP contribution in [0.2, 0.25) is 0 Å². The summed E-state index contributed by atoms with van der Waals surface area (Å²) in [4.78, 5) is 12.3. The van der Waals surface area contributed by atoms with Crippen LogP contribution in [0.3, 0.4) is 0 Å². The van der Waals surface area contributed by atoms with Crippen LogP contribution in [0.5, 0.6) is 0 Å². The number of nitrogens with one attached hydrogen (secondary N) is 2. The average Bonchev–Trinajstić information content (AvgIpc) is 2.39. The summed E-state index contributed by atoms with van der Waals surface area (Å²) in [5, 5.41) is 6.17. The fourth-order valence-electron chi connectivity index (χ4n) is 1.84. The molecule has 0 spiro atoms. The molecule has 0 heterocycles. The van der Waals surface area contributed by atoms with Crippen molar-refractivity contribution in [3.63, 3.8) is 0 Å². The van der Waals surface area contributed by atoms with Crippen molar-refractivity contribution in [2.45, 2.75) is 19.9 Å². The fourth-order valence-corrected chi connectivity index (χ4v) is 1.84. The minimum Gasteiger partial charge on any atom is -0.382 e. The number of carbonyl (C=O) groups is 1. The molecule has 2 N–H and O–H groups in total. The Bertz CT molecular complexity index is 550.